The SMILES string of the molecule is COc1ccc([C@H]2CC(=O)C3=C(C2)Nc2ccccc2N[C@@H]3c2cc(C)ccc2C)cc1. The summed E-state index contributed by atoms with van der Waals surface area (Å²) < 4.78 is 5.31. The van der Waals surface area contributed by atoms with E-state index in [9.17, 15) is 4.79 Å². The molecule has 0 radical (unpaired) electrons. The van der Waals surface area contributed by atoms with Crippen LogP contribution in [-0.2, 0) is 4.79 Å². The fraction of sp³-hybridized carbons (Fsp3) is 0.250. The van der Waals surface area contributed by atoms with E-state index in [1.54, 1.807) is 7.11 Å². The largest absolute Gasteiger partial charge is 0.497 e. The third kappa shape index (κ3) is 3.66. The third-order valence-corrected chi connectivity index (χ3v) is 6.64. The fourth-order valence-electron chi connectivity index (χ4n) is 4.91. The van der Waals surface area contributed by atoms with E-state index >= 15 is 0 Å². The Kier molecular flexibility index (Phi) is 5.22. The van der Waals surface area contributed by atoms with Gasteiger partial charge in [-0.2, -0.15) is 0 Å². The van der Waals surface area contributed by atoms with Crippen LogP contribution in [0.25, 0.3) is 0 Å². The van der Waals surface area contributed by atoms with Gasteiger partial charge in [-0.25, -0.2) is 0 Å². The lowest BCUT2D eigenvalue weighted by atomic mass is 9.78. The number of hydrogen-bond donors (Lipinski definition) is 2. The Morgan fingerprint density at radius 1 is 0.906 bits per heavy atom. The molecule has 3 aromatic carbocycles. The molecule has 0 spiro atoms. The third-order valence-electron chi connectivity index (χ3n) is 6.64. The molecule has 0 aromatic heterocycles. The number of benzene rings is 3. The summed E-state index contributed by atoms with van der Waals surface area (Å²) >= 11 is 0. The molecular formula is C28H28N2O2. The molecule has 0 saturated heterocycles. The molecule has 4 heteroatoms. The van der Waals surface area contributed by atoms with E-state index in [1.807, 2.05) is 24.3 Å². The van der Waals surface area contributed by atoms with Gasteiger partial charge in [0, 0.05) is 17.7 Å². The van der Waals surface area contributed by atoms with Crippen molar-refractivity contribution in [2.75, 3.05) is 17.7 Å². The van der Waals surface area contributed by atoms with E-state index in [0.717, 1.165) is 40.4 Å². The average molecular weight is 425 g/mol. The van der Waals surface area contributed by atoms with Crippen LogP contribution in [0.3, 0.4) is 0 Å². The summed E-state index contributed by atoms with van der Waals surface area (Å²) in [6.07, 6.45) is 1.30. The van der Waals surface area contributed by atoms with Gasteiger partial charge < -0.3 is 15.4 Å². The quantitative estimate of drug-likeness (QED) is 0.519. The summed E-state index contributed by atoms with van der Waals surface area (Å²) in [6.45, 7) is 4.22. The summed E-state index contributed by atoms with van der Waals surface area (Å²) in [6, 6.07) is 22.6. The number of hydrogen-bond acceptors (Lipinski definition) is 4. The number of methoxy groups -OCH3 is 1. The Morgan fingerprint density at radius 2 is 1.66 bits per heavy atom. The Balaban J connectivity index is 1.61. The van der Waals surface area contributed by atoms with Crippen molar-refractivity contribution in [3.8, 4) is 5.75 Å². The number of ketones is 1. The lowest BCUT2D eigenvalue weighted by molar-refractivity contribution is -0.116. The Morgan fingerprint density at radius 3 is 2.41 bits per heavy atom. The summed E-state index contributed by atoms with van der Waals surface area (Å²) in [5, 5.41) is 7.30. The number of para-hydroxylation sites is 2. The van der Waals surface area contributed by atoms with Crippen molar-refractivity contribution in [2.24, 2.45) is 0 Å². The predicted molar refractivity (Wildman–Crippen MR) is 129 cm³/mol. The van der Waals surface area contributed by atoms with Crippen LogP contribution in [0, 0.1) is 13.8 Å². The molecule has 2 atom stereocenters. The molecule has 32 heavy (non-hydrogen) atoms. The number of ether oxygens (including phenoxy) is 1. The second-order valence-corrected chi connectivity index (χ2v) is 8.80. The van der Waals surface area contributed by atoms with Gasteiger partial charge in [0.05, 0.1) is 24.5 Å². The molecular weight excluding hydrogens is 396 g/mol. The van der Waals surface area contributed by atoms with Gasteiger partial charge in [0.15, 0.2) is 5.78 Å². The summed E-state index contributed by atoms with van der Waals surface area (Å²) in [7, 11) is 1.67. The normalized spacial score (nSPS) is 19.9. The molecule has 0 fully saturated rings. The van der Waals surface area contributed by atoms with Crippen LogP contribution < -0.4 is 15.4 Å². The van der Waals surface area contributed by atoms with Gasteiger partial charge in [-0.05, 0) is 67.1 Å². The van der Waals surface area contributed by atoms with Gasteiger partial charge in [-0.1, -0.05) is 48.0 Å². The fourth-order valence-corrected chi connectivity index (χ4v) is 4.91. The lowest BCUT2D eigenvalue weighted by Crippen LogP contribution is -2.27. The van der Waals surface area contributed by atoms with E-state index in [4.69, 9.17) is 4.74 Å². The zero-order valence-corrected chi connectivity index (χ0v) is 18.7. The molecule has 0 unspecified atom stereocenters. The molecule has 3 aromatic rings. The van der Waals surface area contributed by atoms with E-state index in [0.29, 0.717) is 6.42 Å². The number of carbonyl (C=O) groups excluding carboxylic acids is 1. The highest BCUT2D eigenvalue weighted by Gasteiger charge is 2.36. The Labute approximate surface area is 189 Å². The number of anilines is 2. The molecule has 4 nitrogen and oxygen atoms in total. The first-order chi connectivity index (χ1) is 15.5. The number of carbonyl (C=O) groups is 1. The van der Waals surface area contributed by atoms with Gasteiger partial charge in [-0.15, -0.1) is 0 Å². The van der Waals surface area contributed by atoms with Gasteiger partial charge in [-0.3, -0.25) is 4.79 Å². The summed E-state index contributed by atoms with van der Waals surface area (Å²) in [5.41, 5.74) is 8.61. The number of nitrogens with one attached hydrogen (secondary N) is 2. The molecule has 5 rings (SSSR count). The molecule has 2 N–H and O–H groups in total. The van der Waals surface area contributed by atoms with E-state index in [-0.39, 0.29) is 17.7 Å². The van der Waals surface area contributed by atoms with Crippen LogP contribution >= 0.6 is 0 Å². The van der Waals surface area contributed by atoms with E-state index < -0.39 is 0 Å². The van der Waals surface area contributed by atoms with Crippen LogP contribution in [0.15, 0.2) is 78.0 Å². The highest BCUT2D eigenvalue weighted by molar-refractivity contribution is 6.01. The summed E-state index contributed by atoms with van der Waals surface area (Å²) in [4.78, 5) is 13.7. The highest BCUT2D eigenvalue weighted by Crippen LogP contribution is 2.44. The minimum absolute atomic E-state index is 0.143. The van der Waals surface area contributed by atoms with Crippen molar-refractivity contribution in [3.63, 3.8) is 0 Å². The molecule has 1 heterocycles. The number of allylic oxidation sites excluding steroid dienone is 1. The maximum atomic E-state index is 13.7. The van der Waals surface area contributed by atoms with Gasteiger partial charge in [0.2, 0.25) is 0 Å². The first-order valence-corrected chi connectivity index (χ1v) is 11.1. The maximum absolute atomic E-state index is 13.7. The average Bonchev–Trinajstić information content (AvgIpc) is 2.97. The zero-order chi connectivity index (χ0) is 22.2. The van der Waals surface area contributed by atoms with Crippen LogP contribution in [0.5, 0.6) is 5.75 Å². The minimum Gasteiger partial charge on any atom is -0.497 e. The second-order valence-electron chi connectivity index (χ2n) is 8.80. The smallest absolute Gasteiger partial charge is 0.163 e. The van der Waals surface area contributed by atoms with E-state index in [1.165, 1.54) is 16.7 Å². The zero-order valence-electron chi connectivity index (χ0n) is 18.7. The standard InChI is InChI=1S/C28H28N2O2/c1-17-8-9-18(2)22(14-17)28-27-25(29-23-6-4-5-7-24(23)30-28)15-20(16-26(27)31)19-10-12-21(32-3)13-11-19/h4-14,20,28-30H,15-16H2,1-3H3/t20-,28-/m1/s1. The number of Topliss-reactive ketones (excluding diaryl/α,β-unsaturated/α-hetero) is 1. The van der Waals surface area contributed by atoms with Crippen molar-refractivity contribution in [3.05, 3.63) is 100 Å². The van der Waals surface area contributed by atoms with Crippen molar-refractivity contribution >= 4 is 17.2 Å². The Hall–Kier alpha value is -3.53. The van der Waals surface area contributed by atoms with Crippen LogP contribution in [0.2, 0.25) is 0 Å². The van der Waals surface area contributed by atoms with Crippen molar-refractivity contribution in [1.82, 2.24) is 0 Å². The maximum Gasteiger partial charge on any atom is 0.163 e. The molecule has 1 aliphatic carbocycles. The minimum atomic E-state index is -0.176. The van der Waals surface area contributed by atoms with Gasteiger partial charge in [0.1, 0.15) is 5.75 Å². The van der Waals surface area contributed by atoms with Gasteiger partial charge in [0.25, 0.3) is 0 Å². The van der Waals surface area contributed by atoms with Crippen molar-refractivity contribution in [2.45, 2.75) is 38.6 Å². The van der Waals surface area contributed by atoms with E-state index in [2.05, 4.69) is 66.9 Å². The molecule has 1 aliphatic heterocycles. The van der Waals surface area contributed by atoms with Crippen molar-refractivity contribution in [1.29, 1.82) is 0 Å². The monoisotopic (exact) mass is 424 g/mol. The first kappa shape index (κ1) is 20.4. The molecule has 0 bridgehead atoms. The van der Waals surface area contributed by atoms with Crippen LogP contribution in [0.4, 0.5) is 11.4 Å². The van der Waals surface area contributed by atoms with Gasteiger partial charge >= 0.3 is 0 Å². The summed E-state index contributed by atoms with van der Waals surface area (Å²) in [5.74, 6) is 1.17. The Bertz CT molecular complexity index is 1210. The number of rotatable bonds is 3. The topological polar surface area (TPSA) is 50.4 Å². The molecule has 162 valence electrons. The predicted octanol–water partition coefficient (Wildman–Crippen LogP) is 6.29. The van der Waals surface area contributed by atoms with Crippen molar-refractivity contribution < 1.29 is 9.53 Å². The van der Waals surface area contributed by atoms with Crippen LogP contribution in [0.1, 0.15) is 47.1 Å². The second kappa shape index (κ2) is 8.19. The number of fused-ring (bicyclic) bond motifs is 1. The number of aryl methyl sites for hydroxylation is 2. The molecule has 0 saturated carbocycles. The lowest BCUT2D eigenvalue weighted by Gasteiger charge is -2.30. The highest BCUT2D eigenvalue weighted by atomic mass is 16.5. The molecule has 0 amide bonds. The first-order valence-electron chi connectivity index (χ1n) is 11.1. The molecule has 2 aliphatic rings. The van der Waals surface area contributed by atoms with Crippen LogP contribution in [-0.4, -0.2) is 12.9 Å².